The number of piperazine rings is 1. The second-order valence-electron chi connectivity index (χ2n) is 10.3. The van der Waals surface area contributed by atoms with Crippen molar-refractivity contribution in [2.45, 2.75) is 42.9 Å². The van der Waals surface area contributed by atoms with E-state index in [1.54, 1.807) is 43.5 Å². The number of amides is 2. The number of hydrogen-bond donors (Lipinski definition) is 2. The number of sulfonamides is 1. The van der Waals surface area contributed by atoms with Gasteiger partial charge in [0, 0.05) is 32.2 Å². The van der Waals surface area contributed by atoms with Crippen LogP contribution in [0.1, 0.15) is 43.6 Å². The molecule has 2 fully saturated rings. The summed E-state index contributed by atoms with van der Waals surface area (Å²) in [6.45, 7) is 1.57. The van der Waals surface area contributed by atoms with Crippen LogP contribution in [-0.2, 0) is 19.6 Å². The molecule has 1 atom stereocenters. The third-order valence-electron chi connectivity index (χ3n) is 7.66. The quantitative estimate of drug-likeness (QED) is 0.369. The van der Waals surface area contributed by atoms with E-state index in [-0.39, 0.29) is 30.4 Å². The summed E-state index contributed by atoms with van der Waals surface area (Å²) in [6.07, 6.45) is 5.19. The molecule has 1 aromatic carbocycles. The fourth-order valence-corrected chi connectivity index (χ4v) is 7.76. The Morgan fingerprint density at radius 2 is 1.77 bits per heavy atom. The maximum absolute atomic E-state index is 13.6. The van der Waals surface area contributed by atoms with Gasteiger partial charge in [0.05, 0.1) is 24.5 Å². The lowest BCUT2D eigenvalue weighted by molar-refractivity contribution is -0.119. The number of pyridine rings is 1. The van der Waals surface area contributed by atoms with E-state index in [0.29, 0.717) is 46.8 Å². The van der Waals surface area contributed by atoms with E-state index in [0.717, 1.165) is 31.2 Å². The van der Waals surface area contributed by atoms with Gasteiger partial charge >= 0.3 is 0 Å². The number of methoxy groups -OCH3 is 1. The van der Waals surface area contributed by atoms with Gasteiger partial charge in [0.15, 0.2) is 5.13 Å². The fourth-order valence-electron chi connectivity index (χ4n) is 5.50. The van der Waals surface area contributed by atoms with E-state index >= 15 is 0 Å². The van der Waals surface area contributed by atoms with Crippen molar-refractivity contribution >= 4 is 48.7 Å². The maximum Gasteiger partial charge on any atom is 0.243 e. The number of carbonyl (C=O) groups is 2. The van der Waals surface area contributed by atoms with Crippen LogP contribution in [0, 0.1) is 5.92 Å². The minimum Gasteiger partial charge on any atom is -0.481 e. The lowest BCUT2D eigenvalue weighted by Crippen LogP contribution is -2.50. The zero-order chi connectivity index (χ0) is 28.3. The molecule has 13 heteroatoms. The van der Waals surface area contributed by atoms with Crippen molar-refractivity contribution in [2.24, 2.45) is 11.7 Å². The fraction of sp³-hybridized carbons (Fsp3) is 0.481. The number of carbonyl (C=O) groups excluding carboxylic acids is 2. The molecule has 1 aliphatic carbocycles. The lowest BCUT2D eigenvalue weighted by Gasteiger charge is -2.33. The number of benzene rings is 1. The minimum absolute atomic E-state index is 0.120. The van der Waals surface area contributed by atoms with Gasteiger partial charge in [-0.1, -0.05) is 49.2 Å². The number of aromatic nitrogens is 2. The molecule has 0 bridgehead atoms. The zero-order valence-corrected chi connectivity index (χ0v) is 24.0. The number of fused-ring (bicyclic) bond motifs is 1. The maximum atomic E-state index is 13.6. The number of rotatable bonds is 10. The highest BCUT2D eigenvalue weighted by Gasteiger charge is 2.31. The van der Waals surface area contributed by atoms with E-state index in [1.165, 1.54) is 15.6 Å². The molecular weight excluding hydrogens is 552 g/mol. The molecule has 0 radical (unpaired) electrons. The van der Waals surface area contributed by atoms with Crippen molar-refractivity contribution in [2.75, 3.05) is 45.2 Å². The molecule has 5 rings (SSSR count). The van der Waals surface area contributed by atoms with E-state index in [9.17, 15) is 18.0 Å². The minimum atomic E-state index is -3.70. The molecule has 1 unspecified atom stereocenters. The number of nitrogens with one attached hydrogen (secondary N) is 1. The van der Waals surface area contributed by atoms with Gasteiger partial charge in [-0.05, 0) is 36.1 Å². The van der Waals surface area contributed by atoms with Gasteiger partial charge in [-0.25, -0.2) is 18.4 Å². The summed E-state index contributed by atoms with van der Waals surface area (Å²) in [7, 11) is -2.15. The van der Waals surface area contributed by atoms with E-state index in [2.05, 4.69) is 15.3 Å². The predicted octanol–water partition coefficient (Wildman–Crippen LogP) is 2.79. The van der Waals surface area contributed by atoms with Crippen LogP contribution in [0.4, 0.5) is 5.13 Å². The molecule has 3 N–H and O–H groups in total. The van der Waals surface area contributed by atoms with Crippen LogP contribution in [0.5, 0.6) is 5.88 Å². The Morgan fingerprint density at radius 3 is 2.42 bits per heavy atom. The van der Waals surface area contributed by atoms with E-state index < -0.39 is 21.8 Å². The standard InChI is InChI=1S/C27H34N6O5S2/c1-38-24-11-10-22-26(30-24)39-27(29-22)31-25(35)21(16-18-4-2-3-5-18)19-6-8-20(9-7-19)40(36,37)33-14-12-32(13-15-33)17-23(28)34/h6-11,18,21H,2-5,12-17H2,1H3,(H2,28,34)(H,29,31,35). The summed E-state index contributed by atoms with van der Waals surface area (Å²) in [5.41, 5.74) is 6.72. The number of ether oxygens (including phenoxy) is 1. The molecule has 2 amide bonds. The zero-order valence-electron chi connectivity index (χ0n) is 22.4. The van der Waals surface area contributed by atoms with Crippen LogP contribution < -0.4 is 15.8 Å². The van der Waals surface area contributed by atoms with Crippen LogP contribution in [0.15, 0.2) is 41.3 Å². The molecule has 1 saturated carbocycles. The van der Waals surface area contributed by atoms with Crippen molar-refractivity contribution in [1.29, 1.82) is 0 Å². The average molecular weight is 587 g/mol. The van der Waals surface area contributed by atoms with Gasteiger partial charge in [-0.15, -0.1) is 0 Å². The Morgan fingerprint density at radius 1 is 1.07 bits per heavy atom. The smallest absolute Gasteiger partial charge is 0.243 e. The molecule has 11 nitrogen and oxygen atoms in total. The normalized spacial score (nSPS) is 18.1. The van der Waals surface area contributed by atoms with Crippen LogP contribution in [0.2, 0.25) is 0 Å². The summed E-state index contributed by atoms with van der Waals surface area (Å²) in [6, 6.07) is 10.2. The molecule has 2 aromatic heterocycles. The molecule has 0 spiro atoms. The number of nitrogens with two attached hydrogens (primary N) is 1. The van der Waals surface area contributed by atoms with Gasteiger partial charge < -0.3 is 15.8 Å². The Labute approximate surface area is 237 Å². The number of primary amides is 1. The average Bonchev–Trinajstić information content (AvgIpc) is 3.60. The van der Waals surface area contributed by atoms with Crippen molar-refractivity contribution in [3.8, 4) is 5.88 Å². The van der Waals surface area contributed by atoms with Crippen LogP contribution >= 0.6 is 11.3 Å². The van der Waals surface area contributed by atoms with Gasteiger partial charge in [-0.2, -0.15) is 4.31 Å². The van der Waals surface area contributed by atoms with Crippen molar-refractivity contribution < 1.29 is 22.7 Å². The van der Waals surface area contributed by atoms with Crippen molar-refractivity contribution in [3.05, 3.63) is 42.0 Å². The number of thiazole rings is 1. The summed E-state index contributed by atoms with van der Waals surface area (Å²) in [5.74, 6) is -0.109. The Hall–Kier alpha value is -3.13. The van der Waals surface area contributed by atoms with Gasteiger partial charge in [0.2, 0.25) is 27.7 Å². The van der Waals surface area contributed by atoms with E-state index in [1.807, 2.05) is 4.90 Å². The lowest BCUT2D eigenvalue weighted by atomic mass is 9.87. The third-order valence-corrected chi connectivity index (χ3v) is 10.5. The number of nitrogens with zero attached hydrogens (tertiary/aromatic N) is 4. The monoisotopic (exact) mass is 586 g/mol. The largest absolute Gasteiger partial charge is 0.481 e. The first kappa shape index (κ1) is 28.4. The van der Waals surface area contributed by atoms with Crippen LogP contribution in [-0.4, -0.2) is 79.2 Å². The summed E-state index contributed by atoms with van der Waals surface area (Å²) < 4.78 is 33.2. The molecule has 2 aliphatic rings. The van der Waals surface area contributed by atoms with Crippen LogP contribution in [0.25, 0.3) is 10.3 Å². The molecule has 40 heavy (non-hydrogen) atoms. The topological polar surface area (TPSA) is 148 Å². The van der Waals surface area contributed by atoms with Gasteiger partial charge in [0.25, 0.3) is 0 Å². The summed E-state index contributed by atoms with van der Waals surface area (Å²) >= 11 is 1.29. The highest BCUT2D eigenvalue weighted by molar-refractivity contribution is 7.89. The van der Waals surface area contributed by atoms with Gasteiger partial charge in [0.1, 0.15) is 10.3 Å². The van der Waals surface area contributed by atoms with Crippen LogP contribution in [0.3, 0.4) is 0 Å². The molecule has 3 heterocycles. The van der Waals surface area contributed by atoms with Crippen molar-refractivity contribution in [1.82, 2.24) is 19.2 Å². The highest BCUT2D eigenvalue weighted by atomic mass is 32.2. The first-order valence-electron chi connectivity index (χ1n) is 13.5. The van der Waals surface area contributed by atoms with Crippen molar-refractivity contribution in [3.63, 3.8) is 0 Å². The Kier molecular flexibility index (Phi) is 8.64. The first-order valence-corrected chi connectivity index (χ1v) is 15.7. The number of hydrogen-bond acceptors (Lipinski definition) is 9. The molecule has 1 saturated heterocycles. The summed E-state index contributed by atoms with van der Waals surface area (Å²) in [5, 5.41) is 3.44. The summed E-state index contributed by atoms with van der Waals surface area (Å²) in [4.78, 5) is 36.4. The molecule has 3 aromatic rings. The Balaban J connectivity index is 1.32. The first-order chi connectivity index (χ1) is 19.2. The number of anilines is 1. The molecule has 1 aliphatic heterocycles. The second kappa shape index (κ2) is 12.2. The third kappa shape index (κ3) is 6.43. The van der Waals surface area contributed by atoms with Gasteiger partial charge in [-0.3, -0.25) is 14.5 Å². The SMILES string of the molecule is COc1ccc2nc(NC(=O)C(CC3CCCC3)c3ccc(S(=O)(=O)N4CCN(CC(N)=O)CC4)cc3)sc2n1. The second-order valence-corrected chi connectivity index (χ2v) is 13.3. The highest BCUT2D eigenvalue weighted by Crippen LogP contribution is 2.36. The molecular formula is C27H34N6O5S2. The molecule has 214 valence electrons. The predicted molar refractivity (Wildman–Crippen MR) is 153 cm³/mol. The van der Waals surface area contributed by atoms with E-state index in [4.69, 9.17) is 10.5 Å². The Bertz CT molecular complexity index is 1460.